The fourth-order valence-electron chi connectivity index (χ4n) is 4.66. The summed E-state index contributed by atoms with van der Waals surface area (Å²) in [6.07, 6.45) is 1.67. The Morgan fingerprint density at radius 3 is 1.53 bits per heavy atom. The van der Waals surface area contributed by atoms with E-state index in [0.717, 1.165) is 28.2 Å². The van der Waals surface area contributed by atoms with E-state index in [1.165, 1.54) is 0 Å². The van der Waals surface area contributed by atoms with Gasteiger partial charge < -0.3 is 42.6 Å². The zero-order valence-electron chi connectivity index (χ0n) is 26.9. The molecule has 0 amide bonds. The van der Waals surface area contributed by atoms with Crippen LogP contribution < -0.4 is 9.47 Å². The van der Waals surface area contributed by atoms with Gasteiger partial charge in [-0.1, -0.05) is 54.6 Å². The number of rotatable bonds is 25. The largest absolute Gasteiger partial charge is 0.497 e. The molecule has 0 unspecified atom stereocenters. The van der Waals surface area contributed by atoms with Gasteiger partial charge in [0.1, 0.15) is 23.2 Å². The van der Waals surface area contributed by atoms with E-state index in [4.69, 9.17) is 42.6 Å². The Balaban J connectivity index is 1.71. The molecule has 1 atom stereocenters. The van der Waals surface area contributed by atoms with Gasteiger partial charge in [0, 0.05) is 7.11 Å². The van der Waals surface area contributed by atoms with E-state index >= 15 is 0 Å². The van der Waals surface area contributed by atoms with Gasteiger partial charge in [-0.15, -0.1) is 11.8 Å². The van der Waals surface area contributed by atoms with Crippen molar-refractivity contribution in [2.45, 2.75) is 11.7 Å². The van der Waals surface area contributed by atoms with Crippen molar-refractivity contribution in [3.63, 3.8) is 0 Å². The molecule has 3 rings (SSSR count). The molecule has 10 heteroatoms. The summed E-state index contributed by atoms with van der Waals surface area (Å²) in [6, 6.07) is 26.2. The molecular formula is C35H48O9S. The van der Waals surface area contributed by atoms with E-state index in [2.05, 4.69) is 12.1 Å². The molecule has 0 aromatic heterocycles. The van der Waals surface area contributed by atoms with Crippen LogP contribution in [0.2, 0.25) is 0 Å². The molecule has 0 radical (unpaired) electrons. The normalized spacial score (nSPS) is 12.3. The van der Waals surface area contributed by atoms with E-state index in [1.807, 2.05) is 73.0 Å². The smallest absolute Gasteiger partial charge is 0.143 e. The van der Waals surface area contributed by atoms with Crippen molar-refractivity contribution in [2.24, 2.45) is 0 Å². The second kappa shape index (κ2) is 22.0. The fraction of sp³-hybridized carbons (Fsp3) is 0.486. The van der Waals surface area contributed by atoms with Crippen molar-refractivity contribution in [2.75, 3.05) is 99.6 Å². The number of thioether (sulfide) groups is 1. The van der Waals surface area contributed by atoms with Crippen LogP contribution in [0.3, 0.4) is 0 Å². The number of hydrogen-bond acceptors (Lipinski definition) is 10. The lowest BCUT2D eigenvalue weighted by molar-refractivity contribution is -0.0975. The van der Waals surface area contributed by atoms with E-state index in [0.29, 0.717) is 65.4 Å². The lowest BCUT2D eigenvalue weighted by Gasteiger charge is -2.37. The Labute approximate surface area is 272 Å². The van der Waals surface area contributed by atoms with Crippen molar-refractivity contribution in [1.82, 2.24) is 0 Å². The highest BCUT2D eigenvalue weighted by Gasteiger charge is 2.38. The van der Waals surface area contributed by atoms with Crippen LogP contribution in [0.5, 0.6) is 11.5 Å². The van der Waals surface area contributed by atoms with Gasteiger partial charge in [-0.25, -0.2) is 0 Å². The first-order valence-corrected chi connectivity index (χ1v) is 16.5. The van der Waals surface area contributed by atoms with Gasteiger partial charge in [0.25, 0.3) is 0 Å². The molecule has 0 aliphatic carbocycles. The van der Waals surface area contributed by atoms with Gasteiger partial charge in [-0.05, 0) is 47.2 Å². The van der Waals surface area contributed by atoms with Crippen LogP contribution in [-0.2, 0) is 38.8 Å². The molecule has 0 heterocycles. The average Bonchev–Trinajstić information content (AvgIpc) is 3.09. The number of ether oxygens (including phenoxy) is 9. The second-order valence-corrected chi connectivity index (χ2v) is 10.7. The summed E-state index contributed by atoms with van der Waals surface area (Å²) in [5.41, 5.74) is 1.95. The quantitative estimate of drug-likeness (QED) is 0.0677. The molecule has 0 bridgehead atoms. The highest BCUT2D eigenvalue weighted by molar-refractivity contribution is 7.98. The Morgan fingerprint density at radius 2 is 1.04 bits per heavy atom. The second-order valence-electron chi connectivity index (χ2n) is 9.92. The molecule has 0 saturated heterocycles. The highest BCUT2D eigenvalue weighted by atomic mass is 32.2. The summed E-state index contributed by atoms with van der Waals surface area (Å²) in [5.74, 6) is 2.09. The first-order valence-electron chi connectivity index (χ1n) is 15.1. The third-order valence-corrected chi connectivity index (χ3v) is 7.32. The minimum Gasteiger partial charge on any atom is -0.497 e. The molecule has 9 nitrogen and oxygen atoms in total. The van der Waals surface area contributed by atoms with Crippen LogP contribution in [0, 0.1) is 0 Å². The molecular weight excluding hydrogens is 596 g/mol. The van der Waals surface area contributed by atoms with Crippen LogP contribution in [0.4, 0.5) is 0 Å². The minimum atomic E-state index is -0.942. The van der Waals surface area contributed by atoms with Gasteiger partial charge in [-0.3, -0.25) is 0 Å². The van der Waals surface area contributed by atoms with Crippen molar-refractivity contribution in [3.8, 4) is 11.5 Å². The molecule has 0 N–H and O–H groups in total. The standard InChI is InChI=1S/C35H48O9S/c1-36-18-19-39-20-21-40-22-23-41-24-25-43-34(26-42-28-45-4)27-44-35(29-8-6-5-7-9-29,30-10-14-32(37-2)15-11-30)31-12-16-33(38-3)17-13-31/h5-17,34H,18-28H2,1-4H3/t34-/m0/s1. The Morgan fingerprint density at radius 1 is 0.556 bits per heavy atom. The molecule has 0 aliphatic heterocycles. The number of benzene rings is 3. The predicted octanol–water partition coefficient (Wildman–Crippen LogP) is 5.43. The SMILES string of the molecule is COCCOCCOCCOCCO[C@@H](COCSC)COC(c1ccccc1)(c1ccc(OC)cc1)c1ccc(OC)cc1. The molecule has 3 aromatic carbocycles. The van der Waals surface area contributed by atoms with Gasteiger partial charge >= 0.3 is 0 Å². The molecule has 0 aliphatic rings. The van der Waals surface area contributed by atoms with Crippen molar-refractivity contribution in [3.05, 3.63) is 95.6 Å². The predicted molar refractivity (Wildman–Crippen MR) is 177 cm³/mol. The summed E-state index contributed by atoms with van der Waals surface area (Å²) in [5, 5.41) is 0. The maximum Gasteiger partial charge on any atom is 0.143 e. The summed E-state index contributed by atoms with van der Waals surface area (Å²) >= 11 is 1.62. The maximum atomic E-state index is 7.01. The summed E-state index contributed by atoms with van der Waals surface area (Å²) in [6.45, 7) is 4.60. The van der Waals surface area contributed by atoms with Crippen LogP contribution in [0.25, 0.3) is 0 Å². The molecule has 0 fully saturated rings. The summed E-state index contributed by atoms with van der Waals surface area (Å²) in [7, 11) is 4.97. The maximum absolute atomic E-state index is 7.01. The van der Waals surface area contributed by atoms with Gasteiger partial charge in [0.05, 0.1) is 86.2 Å². The van der Waals surface area contributed by atoms with E-state index in [9.17, 15) is 0 Å². The monoisotopic (exact) mass is 644 g/mol. The van der Waals surface area contributed by atoms with Crippen molar-refractivity contribution < 1.29 is 42.6 Å². The Bertz CT molecular complexity index is 1100. The zero-order valence-corrected chi connectivity index (χ0v) is 27.8. The number of methoxy groups -OCH3 is 3. The first kappa shape index (κ1) is 36.8. The third kappa shape index (κ3) is 12.2. The molecule has 45 heavy (non-hydrogen) atoms. The van der Waals surface area contributed by atoms with E-state index in [-0.39, 0.29) is 12.7 Å². The average molecular weight is 645 g/mol. The lowest BCUT2D eigenvalue weighted by Crippen LogP contribution is -2.38. The topological polar surface area (TPSA) is 83.1 Å². The zero-order chi connectivity index (χ0) is 32.0. The van der Waals surface area contributed by atoms with Crippen LogP contribution in [-0.4, -0.2) is 106 Å². The molecule has 0 saturated carbocycles. The van der Waals surface area contributed by atoms with Gasteiger partial charge in [-0.2, -0.15) is 0 Å². The minimum absolute atomic E-state index is 0.271. The molecule has 0 spiro atoms. The van der Waals surface area contributed by atoms with Crippen LogP contribution in [0.15, 0.2) is 78.9 Å². The van der Waals surface area contributed by atoms with Gasteiger partial charge in [0.15, 0.2) is 0 Å². The van der Waals surface area contributed by atoms with Crippen LogP contribution in [0.1, 0.15) is 16.7 Å². The summed E-state index contributed by atoms with van der Waals surface area (Å²) < 4.78 is 51.7. The first-order chi connectivity index (χ1) is 22.2. The van der Waals surface area contributed by atoms with Crippen LogP contribution >= 0.6 is 11.8 Å². The van der Waals surface area contributed by atoms with Crippen molar-refractivity contribution in [1.29, 1.82) is 0 Å². The van der Waals surface area contributed by atoms with E-state index < -0.39 is 5.60 Å². The summed E-state index contributed by atoms with van der Waals surface area (Å²) in [4.78, 5) is 0. The van der Waals surface area contributed by atoms with E-state index in [1.54, 1.807) is 33.1 Å². The molecule has 3 aromatic rings. The number of hydrogen-bond donors (Lipinski definition) is 0. The Hall–Kier alpha value is -2.67. The third-order valence-electron chi connectivity index (χ3n) is 6.92. The van der Waals surface area contributed by atoms with Gasteiger partial charge in [0.2, 0.25) is 0 Å². The fourth-order valence-corrected chi connectivity index (χ4v) is 4.92. The molecule has 248 valence electrons. The Kier molecular flexibility index (Phi) is 18.0. The lowest BCUT2D eigenvalue weighted by atomic mass is 9.80. The van der Waals surface area contributed by atoms with Crippen molar-refractivity contribution >= 4 is 11.8 Å². The highest BCUT2D eigenvalue weighted by Crippen LogP contribution is 2.41.